The first kappa shape index (κ1) is 44.4. The normalized spacial score (nSPS) is 11.8. The number of unbranched alkanes of at least 4 members (excludes halogenated alkanes) is 25. The van der Waals surface area contributed by atoms with Crippen LogP contribution in [0.4, 0.5) is 0 Å². The van der Waals surface area contributed by atoms with E-state index in [0.29, 0.717) is 19.3 Å². The maximum Gasteiger partial charge on any atom is 0.306 e. The van der Waals surface area contributed by atoms with Crippen LogP contribution in [0, 0.1) is 0 Å². The summed E-state index contributed by atoms with van der Waals surface area (Å²) in [6.45, 7) is 6.52. The highest BCUT2D eigenvalue weighted by Gasteiger charge is 2.19. The summed E-state index contributed by atoms with van der Waals surface area (Å²) in [6.07, 6.45) is 34.0. The largest absolute Gasteiger partial charge is 0.462 e. The summed E-state index contributed by atoms with van der Waals surface area (Å²) in [4.78, 5) is 37.2. The molecule has 0 rings (SSSR count). The lowest BCUT2D eigenvalue weighted by Crippen LogP contribution is -2.30. The Labute approximate surface area is 285 Å². The number of carbonyl (C=O) groups excluding carboxylic acids is 3. The lowest BCUT2D eigenvalue weighted by Gasteiger charge is -2.18. The number of rotatable bonds is 36. The van der Waals surface area contributed by atoms with Gasteiger partial charge in [-0.05, 0) is 19.3 Å². The molecule has 0 aromatic heterocycles. The van der Waals surface area contributed by atoms with Crippen LogP contribution in [0.1, 0.15) is 220 Å². The van der Waals surface area contributed by atoms with E-state index < -0.39 is 6.10 Å². The zero-order valence-corrected chi connectivity index (χ0v) is 30.9. The summed E-state index contributed by atoms with van der Waals surface area (Å²) in [6, 6.07) is 0. The van der Waals surface area contributed by atoms with Crippen molar-refractivity contribution in [3.05, 3.63) is 0 Å². The molecule has 0 heterocycles. The number of carbonyl (C=O) groups is 3. The molecule has 1 atom stereocenters. The maximum absolute atomic E-state index is 12.5. The summed E-state index contributed by atoms with van der Waals surface area (Å²) in [5.74, 6) is -0.879. The van der Waals surface area contributed by atoms with E-state index in [1.54, 1.807) is 0 Å². The minimum absolute atomic E-state index is 0.0650. The molecule has 0 aromatic rings. The van der Waals surface area contributed by atoms with Gasteiger partial charge < -0.3 is 14.2 Å². The molecule has 0 saturated carbocycles. The third-order valence-electron chi connectivity index (χ3n) is 8.86. The highest BCUT2D eigenvalue weighted by atomic mass is 16.6. The average Bonchev–Trinajstić information content (AvgIpc) is 3.05. The van der Waals surface area contributed by atoms with E-state index in [9.17, 15) is 14.4 Å². The fourth-order valence-electron chi connectivity index (χ4n) is 5.79. The molecule has 0 bridgehead atoms. The molecule has 1 unspecified atom stereocenters. The highest BCUT2D eigenvalue weighted by molar-refractivity contribution is 5.71. The van der Waals surface area contributed by atoms with Gasteiger partial charge in [-0.2, -0.15) is 0 Å². The van der Waals surface area contributed by atoms with Crippen molar-refractivity contribution in [1.29, 1.82) is 0 Å². The SMILES string of the molecule is CCCCCCCCCCCCCCCCCC(=O)OCC(COC(=O)CCCCCCC)OC(=O)CCCCCCCCCC. The van der Waals surface area contributed by atoms with Gasteiger partial charge in [0, 0.05) is 19.3 Å². The van der Waals surface area contributed by atoms with Gasteiger partial charge in [-0.25, -0.2) is 0 Å². The van der Waals surface area contributed by atoms with Gasteiger partial charge in [-0.3, -0.25) is 14.4 Å². The molecule has 0 fully saturated rings. The van der Waals surface area contributed by atoms with Gasteiger partial charge in [-0.15, -0.1) is 0 Å². The summed E-state index contributed by atoms with van der Waals surface area (Å²) in [7, 11) is 0. The maximum atomic E-state index is 12.5. The summed E-state index contributed by atoms with van der Waals surface area (Å²) in [5, 5.41) is 0. The smallest absolute Gasteiger partial charge is 0.306 e. The van der Waals surface area contributed by atoms with Crippen LogP contribution in [0.3, 0.4) is 0 Å². The number of esters is 3. The molecule has 6 heteroatoms. The molecular formula is C40H76O6. The van der Waals surface area contributed by atoms with E-state index in [1.165, 1.54) is 116 Å². The predicted molar refractivity (Wildman–Crippen MR) is 192 cm³/mol. The van der Waals surface area contributed by atoms with Gasteiger partial charge >= 0.3 is 17.9 Å². The first-order valence-electron chi connectivity index (χ1n) is 20.0. The Kier molecular flexibility index (Phi) is 35.0. The molecule has 0 aliphatic rings. The second kappa shape index (κ2) is 36.2. The summed E-state index contributed by atoms with van der Waals surface area (Å²) >= 11 is 0. The van der Waals surface area contributed by atoms with Gasteiger partial charge in [0.05, 0.1) is 0 Å². The van der Waals surface area contributed by atoms with Gasteiger partial charge in [0.2, 0.25) is 0 Å². The fraction of sp³-hybridized carbons (Fsp3) is 0.925. The Morgan fingerprint density at radius 2 is 0.587 bits per heavy atom. The average molecular weight is 653 g/mol. The van der Waals surface area contributed by atoms with Crippen LogP contribution >= 0.6 is 0 Å². The number of hydrogen-bond acceptors (Lipinski definition) is 6. The molecule has 0 saturated heterocycles. The van der Waals surface area contributed by atoms with Crippen molar-refractivity contribution >= 4 is 17.9 Å². The van der Waals surface area contributed by atoms with E-state index in [-0.39, 0.29) is 31.1 Å². The Balaban J connectivity index is 4.16. The monoisotopic (exact) mass is 653 g/mol. The van der Waals surface area contributed by atoms with Crippen molar-refractivity contribution in [3.63, 3.8) is 0 Å². The number of ether oxygens (including phenoxy) is 3. The van der Waals surface area contributed by atoms with Crippen LogP contribution in [0.15, 0.2) is 0 Å². The third kappa shape index (κ3) is 33.8. The Hall–Kier alpha value is -1.59. The van der Waals surface area contributed by atoms with Crippen molar-refractivity contribution in [2.24, 2.45) is 0 Å². The molecule has 0 aliphatic heterocycles. The molecule has 0 aromatic carbocycles. The van der Waals surface area contributed by atoms with Crippen molar-refractivity contribution < 1.29 is 28.6 Å². The summed E-state index contributed by atoms with van der Waals surface area (Å²) in [5.41, 5.74) is 0. The zero-order valence-electron chi connectivity index (χ0n) is 30.9. The van der Waals surface area contributed by atoms with Crippen molar-refractivity contribution in [2.75, 3.05) is 13.2 Å². The number of hydrogen-bond donors (Lipinski definition) is 0. The topological polar surface area (TPSA) is 78.9 Å². The van der Waals surface area contributed by atoms with Gasteiger partial charge in [0.15, 0.2) is 6.10 Å². The van der Waals surface area contributed by atoms with Gasteiger partial charge in [0.25, 0.3) is 0 Å². The fourth-order valence-corrected chi connectivity index (χ4v) is 5.79. The van der Waals surface area contributed by atoms with E-state index in [1.807, 2.05) is 0 Å². The van der Waals surface area contributed by atoms with E-state index in [4.69, 9.17) is 14.2 Å². The molecule has 272 valence electrons. The predicted octanol–water partition coefficient (Wildman–Crippen LogP) is 12.1. The van der Waals surface area contributed by atoms with Crippen LogP contribution in [0.5, 0.6) is 0 Å². The standard InChI is InChI=1S/C40H76O6/c1-4-7-10-13-15-17-18-19-20-21-22-23-25-27-30-33-39(42)45-36-37(35-44-38(41)32-29-26-12-9-6-3)46-40(43)34-31-28-24-16-14-11-8-5-2/h37H,4-36H2,1-3H3. The van der Waals surface area contributed by atoms with Crippen LogP contribution in [-0.2, 0) is 28.6 Å². The van der Waals surface area contributed by atoms with Gasteiger partial charge in [0.1, 0.15) is 13.2 Å². The molecule has 6 nitrogen and oxygen atoms in total. The van der Waals surface area contributed by atoms with E-state index in [2.05, 4.69) is 20.8 Å². The van der Waals surface area contributed by atoms with Crippen molar-refractivity contribution in [3.8, 4) is 0 Å². The van der Waals surface area contributed by atoms with Crippen LogP contribution in [0.25, 0.3) is 0 Å². The lowest BCUT2D eigenvalue weighted by atomic mass is 10.0. The molecular weight excluding hydrogens is 576 g/mol. The van der Waals surface area contributed by atoms with Crippen molar-refractivity contribution in [2.45, 2.75) is 226 Å². The quantitative estimate of drug-likeness (QED) is 0.0381. The first-order chi connectivity index (χ1) is 22.5. The van der Waals surface area contributed by atoms with E-state index >= 15 is 0 Å². The molecule has 0 radical (unpaired) electrons. The molecule has 0 aliphatic carbocycles. The second-order valence-corrected chi connectivity index (χ2v) is 13.6. The van der Waals surface area contributed by atoms with E-state index in [0.717, 1.165) is 64.2 Å². The molecule has 0 amide bonds. The summed E-state index contributed by atoms with van der Waals surface area (Å²) < 4.78 is 16.5. The first-order valence-corrected chi connectivity index (χ1v) is 20.0. The highest BCUT2D eigenvalue weighted by Crippen LogP contribution is 2.15. The van der Waals surface area contributed by atoms with Crippen LogP contribution in [-0.4, -0.2) is 37.2 Å². The Bertz CT molecular complexity index is 679. The minimum atomic E-state index is -0.754. The van der Waals surface area contributed by atoms with Gasteiger partial charge in [-0.1, -0.05) is 181 Å². The van der Waals surface area contributed by atoms with Crippen LogP contribution < -0.4 is 0 Å². The molecule has 0 N–H and O–H groups in total. The lowest BCUT2D eigenvalue weighted by molar-refractivity contribution is -0.167. The molecule has 46 heavy (non-hydrogen) atoms. The Morgan fingerprint density at radius 1 is 0.348 bits per heavy atom. The zero-order chi connectivity index (χ0) is 33.8. The second-order valence-electron chi connectivity index (χ2n) is 13.6. The minimum Gasteiger partial charge on any atom is -0.462 e. The Morgan fingerprint density at radius 3 is 0.870 bits per heavy atom. The molecule has 0 spiro atoms. The third-order valence-corrected chi connectivity index (χ3v) is 8.86. The van der Waals surface area contributed by atoms with Crippen LogP contribution in [0.2, 0.25) is 0 Å². The van der Waals surface area contributed by atoms with Crippen molar-refractivity contribution in [1.82, 2.24) is 0 Å².